The molecule has 10 heteroatoms. The summed E-state index contributed by atoms with van der Waals surface area (Å²) in [5.74, 6) is -1.54. The molecule has 0 aliphatic carbocycles. The lowest BCUT2D eigenvalue weighted by Gasteiger charge is -2.23. The van der Waals surface area contributed by atoms with Gasteiger partial charge in [-0.25, -0.2) is 9.78 Å². The van der Waals surface area contributed by atoms with Crippen LogP contribution < -0.4 is 14.4 Å². The standard InChI is InChI=1S/C35H32N2O7S/c1-5-18-43-26-14-10-24(11-15-26)29-28(31(39)33(40)37(29)35-36-22(4)32(45-35)34(41)42-6-2)30(38)25-12-16-27(17-13-25)44-20-23-9-7-8-21(3)19-23/h5,7-17,19,29,38H,1,6,18,20H2,2-4H3. The van der Waals surface area contributed by atoms with Crippen LogP contribution in [0.5, 0.6) is 11.5 Å². The second-order valence-corrected chi connectivity index (χ2v) is 11.2. The van der Waals surface area contributed by atoms with E-state index >= 15 is 0 Å². The smallest absolute Gasteiger partial charge is 0.350 e. The molecule has 1 fully saturated rings. The van der Waals surface area contributed by atoms with Crippen molar-refractivity contribution >= 4 is 39.9 Å². The highest BCUT2D eigenvalue weighted by atomic mass is 32.1. The van der Waals surface area contributed by atoms with Crippen LogP contribution in [0.25, 0.3) is 5.76 Å². The first-order valence-electron chi connectivity index (χ1n) is 14.3. The number of thiazole rings is 1. The van der Waals surface area contributed by atoms with Crippen LogP contribution in [0, 0.1) is 13.8 Å². The second kappa shape index (κ2) is 13.6. The number of benzene rings is 3. The maximum Gasteiger partial charge on any atom is 0.350 e. The van der Waals surface area contributed by atoms with E-state index in [9.17, 15) is 19.5 Å². The number of ether oxygens (including phenoxy) is 3. The molecule has 1 aliphatic heterocycles. The molecule has 1 aromatic heterocycles. The van der Waals surface area contributed by atoms with Crippen molar-refractivity contribution in [3.05, 3.63) is 124 Å². The Labute approximate surface area is 265 Å². The van der Waals surface area contributed by atoms with Crippen molar-refractivity contribution in [3.8, 4) is 11.5 Å². The Bertz CT molecular complexity index is 1770. The van der Waals surface area contributed by atoms with Crippen molar-refractivity contribution < 1.29 is 33.7 Å². The van der Waals surface area contributed by atoms with E-state index in [1.807, 2.05) is 31.2 Å². The van der Waals surface area contributed by atoms with Gasteiger partial charge < -0.3 is 19.3 Å². The Morgan fingerprint density at radius 3 is 2.38 bits per heavy atom. The molecule has 1 aliphatic rings. The summed E-state index contributed by atoms with van der Waals surface area (Å²) in [6.07, 6.45) is 1.62. The fraction of sp³-hybridized carbons (Fsp3) is 0.200. The molecule has 1 saturated heterocycles. The zero-order valence-corrected chi connectivity index (χ0v) is 25.9. The number of hydrogen-bond donors (Lipinski definition) is 1. The molecular weight excluding hydrogens is 592 g/mol. The summed E-state index contributed by atoms with van der Waals surface area (Å²) in [6.45, 7) is 9.83. The van der Waals surface area contributed by atoms with Crippen LogP contribution in [0.4, 0.5) is 5.13 Å². The number of aliphatic hydroxyl groups is 1. The lowest BCUT2D eigenvalue weighted by molar-refractivity contribution is -0.132. The molecule has 0 bridgehead atoms. The Hall–Kier alpha value is -5.22. The van der Waals surface area contributed by atoms with Gasteiger partial charge in [0.15, 0.2) is 5.13 Å². The van der Waals surface area contributed by atoms with Gasteiger partial charge in [-0.3, -0.25) is 14.5 Å². The van der Waals surface area contributed by atoms with Gasteiger partial charge in [0, 0.05) is 5.56 Å². The third-order valence-electron chi connectivity index (χ3n) is 7.08. The lowest BCUT2D eigenvalue weighted by Crippen LogP contribution is -2.29. The summed E-state index contributed by atoms with van der Waals surface area (Å²) in [5, 5.41) is 11.7. The highest BCUT2D eigenvalue weighted by Crippen LogP contribution is 2.44. The number of aliphatic hydroxyl groups excluding tert-OH is 1. The summed E-state index contributed by atoms with van der Waals surface area (Å²) in [5.41, 5.74) is 3.26. The average molecular weight is 625 g/mol. The first kappa shape index (κ1) is 31.2. The van der Waals surface area contributed by atoms with E-state index in [1.165, 1.54) is 4.90 Å². The maximum atomic E-state index is 13.6. The molecule has 0 saturated carbocycles. The molecule has 2 heterocycles. The number of anilines is 1. The van der Waals surface area contributed by atoms with Gasteiger partial charge in [-0.2, -0.15) is 0 Å². The predicted octanol–water partition coefficient (Wildman–Crippen LogP) is 6.71. The number of nitrogens with zero attached hydrogens (tertiary/aromatic N) is 2. The van der Waals surface area contributed by atoms with Gasteiger partial charge in [-0.15, -0.1) is 0 Å². The number of carbonyl (C=O) groups is 3. The van der Waals surface area contributed by atoms with Crippen molar-refractivity contribution in [2.45, 2.75) is 33.4 Å². The van der Waals surface area contributed by atoms with Crippen LogP contribution in [0.1, 0.15) is 50.6 Å². The molecule has 0 spiro atoms. The highest BCUT2D eigenvalue weighted by molar-refractivity contribution is 7.17. The van der Waals surface area contributed by atoms with Gasteiger partial charge in [-0.05, 0) is 68.3 Å². The van der Waals surface area contributed by atoms with E-state index < -0.39 is 23.7 Å². The highest BCUT2D eigenvalue weighted by Gasteiger charge is 2.48. The third kappa shape index (κ3) is 6.66. The Morgan fingerprint density at radius 1 is 1.02 bits per heavy atom. The Balaban J connectivity index is 1.52. The second-order valence-electron chi connectivity index (χ2n) is 10.3. The molecule has 5 rings (SSSR count). The molecular formula is C35H32N2O7S. The first-order chi connectivity index (χ1) is 21.7. The first-order valence-corrected chi connectivity index (χ1v) is 15.1. The summed E-state index contributed by atoms with van der Waals surface area (Å²) in [4.78, 5) is 45.6. The van der Waals surface area contributed by atoms with Crippen LogP contribution in [-0.4, -0.2) is 41.0 Å². The van der Waals surface area contributed by atoms with Crippen LogP contribution in [0.3, 0.4) is 0 Å². The summed E-state index contributed by atoms with van der Waals surface area (Å²) in [6, 6.07) is 20.4. The monoisotopic (exact) mass is 624 g/mol. The van der Waals surface area contributed by atoms with Gasteiger partial charge in [0.2, 0.25) is 0 Å². The number of ketones is 1. The number of esters is 1. The molecule has 45 heavy (non-hydrogen) atoms. The van der Waals surface area contributed by atoms with Crippen molar-refractivity contribution in [2.75, 3.05) is 18.1 Å². The fourth-order valence-corrected chi connectivity index (χ4v) is 5.94. The Morgan fingerprint density at radius 2 is 1.71 bits per heavy atom. The largest absolute Gasteiger partial charge is 0.507 e. The van der Waals surface area contributed by atoms with Crippen molar-refractivity contribution in [3.63, 3.8) is 0 Å². The molecule has 1 amide bonds. The van der Waals surface area contributed by atoms with Gasteiger partial charge in [0.1, 0.15) is 35.3 Å². The fourth-order valence-electron chi connectivity index (χ4n) is 4.95. The van der Waals surface area contributed by atoms with Crippen molar-refractivity contribution in [1.29, 1.82) is 0 Å². The summed E-state index contributed by atoms with van der Waals surface area (Å²) in [7, 11) is 0. The molecule has 1 unspecified atom stereocenters. The van der Waals surface area contributed by atoms with E-state index in [0.717, 1.165) is 22.5 Å². The molecule has 1 N–H and O–H groups in total. The minimum atomic E-state index is -1.03. The Kier molecular flexibility index (Phi) is 9.44. The van der Waals surface area contributed by atoms with E-state index in [0.29, 0.717) is 41.5 Å². The van der Waals surface area contributed by atoms with E-state index in [4.69, 9.17) is 14.2 Å². The maximum absolute atomic E-state index is 13.6. The zero-order valence-electron chi connectivity index (χ0n) is 25.1. The molecule has 9 nitrogen and oxygen atoms in total. The average Bonchev–Trinajstić information content (AvgIpc) is 3.55. The van der Waals surface area contributed by atoms with Crippen molar-refractivity contribution in [2.24, 2.45) is 0 Å². The van der Waals surface area contributed by atoms with Crippen LogP contribution in [0.2, 0.25) is 0 Å². The minimum Gasteiger partial charge on any atom is -0.507 e. The summed E-state index contributed by atoms with van der Waals surface area (Å²) < 4.78 is 16.7. The van der Waals surface area contributed by atoms with E-state index in [-0.39, 0.29) is 27.9 Å². The quantitative estimate of drug-likeness (QED) is 0.0644. The van der Waals surface area contributed by atoms with Gasteiger partial charge in [0.05, 0.1) is 23.9 Å². The SMILES string of the molecule is C=CCOc1ccc(C2C(=C(O)c3ccc(OCc4cccc(C)c4)cc3)C(=O)C(=O)N2c2nc(C)c(C(=O)OCC)s2)cc1. The molecule has 4 aromatic rings. The number of aryl methyl sites for hydroxylation is 2. The predicted molar refractivity (Wildman–Crippen MR) is 172 cm³/mol. The lowest BCUT2D eigenvalue weighted by atomic mass is 9.95. The number of hydrogen-bond acceptors (Lipinski definition) is 9. The van der Waals surface area contributed by atoms with Crippen LogP contribution >= 0.6 is 11.3 Å². The molecule has 1 atom stereocenters. The normalized spacial score (nSPS) is 15.6. The topological polar surface area (TPSA) is 115 Å². The van der Waals surface area contributed by atoms with E-state index in [1.54, 1.807) is 68.5 Å². The number of Topliss-reactive ketones (excluding diaryl/α,β-unsaturated/α-hetero) is 1. The van der Waals surface area contributed by atoms with Crippen molar-refractivity contribution in [1.82, 2.24) is 4.98 Å². The van der Waals surface area contributed by atoms with Crippen LogP contribution in [-0.2, 0) is 20.9 Å². The van der Waals surface area contributed by atoms with Gasteiger partial charge in [0.25, 0.3) is 5.78 Å². The van der Waals surface area contributed by atoms with Crippen LogP contribution in [0.15, 0.2) is 91.0 Å². The number of amides is 1. The molecule has 0 radical (unpaired) electrons. The number of rotatable bonds is 11. The molecule has 3 aromatic carbocycles. The molecule has 230 valence electrons. The summed E-state index contributed by atoms with van der Waals surface area (Å²) >= 11 is 0.950. The zero-order chi connectivity index (χ0) is 32.1. The van der Waals surface area contributed by atoms with E-state index in [2.05, 4.69) is 11.6 Å². The number of carbonyl (C=O) groups excluding carboxylic acids is 3. The van der Waals surface area contributed by atoms with Gasteiger partial charge in [-0.1, -0.05) is 66.0 Å². The minimum absolute atomic E-state index is 0.112. The van der Waals surface area contributed by atoms with Gasteiger partial charge >= 0.3 is 11.9 Å². The number of aromatic nitrogens is 1. The third-order valence-corrected chi connectivity index (χ3v) is 8.21.